The van der Waals surface area contributed by atoms with Crippen LogP contribution in [0.25, 0.3) is 11.1 Å². The molecule has 0 bridgehead atoms. The number of rotatable bonds is 3. The van der Waals surface area contributed by atoms with Crippen molar-refractivity contribution in [1.29, 1.82) is 0 Å². The van der Waals surface area contributed by atoms with E-state index >= 15 is 0 Å². The van der Waals surface area contributed by atoms with E-state index in [1.165, 1.54) is 0 Å². The van der Waals surface area contributed by atoms with E-state index in [1.54, 1.807) is 19.1 Å². The highest BCUT2D eigenvalue weighted by Crippen LogP contribution is 2.19. The van der Waals surface area contributed by atoms with E-state index < -0.39 is 0 Å². The Kier molecular flexibility index (Phi) is 3.47. The third-order valence-electron chi connectivity index (χ3n) is 3.08. The number of carbonyl (C=O) groups excluding carboxylic acids is 1. The fourth-order valence-electron chi connectivity index (χ4n) is 2.02. The molecule has 0 saturated heterocycles. The first-order valence-electron chi connectivity index (χ1n) is 6.58. The lowest BCUT2D eigenvalue weighted by atomic mass is 10.0. The number of aryl methyl sites for hydroxylation is 1. The van der Waals surface area contributed by atoms with Crippen LogP contribution in [0.2, 0.25) is 0 Å². The van der Waals surface area contributed by atoms with Gasteiger partial charge in [-0.05, 0) is 30.2 Å². The Labute approximate surface area is 122 Å². The molecular formula is C16H14N4O. The molecule has 1 heterocycles. The number of benzene rings is 2. The molecule has 0 aliphatic rings. The topological polar surface area (TPSA) is 70.7 Å². The van der Waals surface area contributed by atoms with Crippen molar-refractivity contribution < 1.29 is 4.79 Å². The molecule has 0 atom stereocenters. The Morgan fingerprint density at radius 1 is 1.00 bits per heavy atom. The van der Waals surface area contributed by atoms with Crippen molar-refractivity contribution in [2.45, 2.75) is 6.92 Å². The van der Waals surface area contributed by atoms with Crippen molar-refractivity contribution in [3.63, 3.8) is 0 Å². The van der Waals surface area contributed by atoms with E-state index in [0.717, 1.165) is 11.1 Å². The summed E-state index contributed by atoms with van der Waals surface area (Å²) in [5.41, 5.74) is 2.76. The first-order valence-corrected chi connectivity index (χ1v) is 6.58. The van der Waals surface area contributed by atoms with Gasteiger partial charge in [-0.25, -0.2) is 0 Å². The molecule has 104 valence electrons. The van der Waals surface area contributed by atoms with Gasteiger partial charge in [0.15, 0.2) is 0 Å². The van der Waals surface area contributed by atoms with Gasteiger partial charge in [-0.2, -0.15) is 4.98 Å². The van der Waals surface area contributed by atoms with E-state index in [2.05, 4.69) is 20.5 Å². The van der Waals surface area contributed by atoms with Gasteiger partial charge in [0.05, 0.1) is 0 Å². The maximum Gasteiger partial charge on any atom is 0.258 e. The van der Waals surface area contributed by atoms with Crippen LogP contribution in [0.15, 0.2) is 54.6 Å². The molecule has 2 N–H and O–H groups in total. The second kappa shape index (κ2) is 5.58. The number of nitrogens with one attached hydrogen (secondary N) is 2. The van der Waals surface area contributed by atoms with E-state index in [-0.39, 0.29) is 11.9 Å². The summed E-state index contributed by atoms with van der Waals surface area (Å²) in [5.74, 6) is 0.711. The van der Waals surface area contributed by atoms with Crippen molar-refractivity contribution in [2.24, 2.45) is 0 Å². The van der Waals surface area contributed by atoms with E-state index in [9.17, 15) is 4.79 Å². The lowest BCUT2D eigenvalue weighted by Crippen LogP contribution is -2.12. The number of hydrogen-bond acceptors (Lipinski definition) is 3. The first kappa shape index (κ1) is 13.1. The molecule has 5 nitrogen and oxygen atoms in total. The van der Waals surface area contributed by atoms with Crippen molar-refractivity contribution in [1.82, 2.24) is 15.2 Å². The van der Waals surface area contributed by atoms with Gasteiger partial charge in [-0.1, -0.05) is 42.5 Å². The quantitative estimate of drug-likeness (QED) is 0.773. The molecule has 1 amide bonds. The number of nitrogens with zero attached hydrogens (tertiary/aromatic N) is 2. The van der Waals surface area contributed by atoms with Gasteiger partial charge in [-0.15, -0.1) is 5.10 Å². The fourth-order valence-corrected chi connectivity index (χ4v) is 2.02. The summed E-state index contributed by atoms with van der Waals surface area (Å²) in [4.78, 5) is 16.1. The van der Waals surface area contributed by atoms with Crippen LogP contribution in [0.1, 0.15) is 16.2 Å². The Balaban J connectivity index is 1.76. The number of hydrogen-bond donors (Lipinski definition) is 2. The normalized spacial score (nSPS) is 10.3. The predicted octanol–water partition coefficient (Wildman–Crippen LogP) is 3.03. The van der Waals surface area contributed by atoms with Crippen LogP contribution < -0.4 is 5.32 Å². The summed E-state index contributed by atoms with van der Waals surface area (Å²) in [7, 11) is 0. The largest absolute Gasteiger partial charge is 0.289 e. The van der Waals surface area contributed by atoms with Crippen LogP contribution in [0, 0.1) is 6.92 Å². The Morgan fingerprint density at radius 2 is 1.67 bits per heavy atom. The van der Waals surface area contributed by atoms with Crippen LogP contribution in [0.4, 0.5) is 5.95 Å². The number of amides is 1. The number of aromatic nitrogens is 3. The molecule has 21 heavy (non-hydrogen) atoms. The summed E-state index contributed by atoms with van der Waals surface area (Å²) in [6.45, 7) is 1.78. The van der Waals surface area contributed by atoms with Gasteiger partial charge >= 0.3 is 0 Å². The van der Waals surface area contributed by atoms with Crippen molar-refractivity contribution in [3.8, 4) is 11.1 Å². The zero-order valence-corrected chi connectivity index (χ0v) is 11.5. The van der Waals surface area contributed by atoms with Crippen LogP contribution in [-0.2, 0) is 0 Å². The molecule has 3 aromatic rings. The fraction of sp³-hybridized carbons (Fsp3) is 0.0625. The third-order valence-corrected chi connectivity index (χ3v) is 3.08. The summed E-state index contributed by atoms with van der Waals surface area (Å²) >= 11 is 0. The van der Waals surface area contributed by atoms with E-state index in [1.807, 2.05) is 42.5 Å². The SMILES string of the molecule is Cc1nc(NC(=O)c2ccc(-c3ccccc3)cc2)n[nH]1. The molecule has 0 radical (unpaired) electrons. The Bertz CT molecular complexity index is 747. The number of carbonyl (C=O) groups is 1. The van der Waals surface area contributed by atoms with Crippen LogP contribution in [-0.4, -0.2) is 21.1 Å². The molecule has 0 spiro atoms. The molecule has 0 saturated carbocycles. The molecular weight excluding hydrogens is 264 g/mol. The molecule has 0 fully saturated rings. The summed E-state index contributed by atoms with van der Waals surface area (Å²) in [6, 6.07) is 17.4. The van der Waals surface area contributed by atoms with E-state index in [0.29, 0.717) is 11.4 Å². The monoisotopic (exact) mass is 278 g/mol. The molecule has 3 rings (SSSR count). The Hall–Kier alpha value is -2.95. The molecule has 0 aliphatic carbocycles. The number of anilines is 1. The highest BCUT2D eigenvalue weighted by molar-refractivity contribution is 6.03. The van der Waals surface area contributed by atoms with Crippen molar-refractivity contribution in [2.75, 3.05) is 5.32 Å². The maximum absolute atomic E-state index is 12.1. The maximum atomic E-state index is 12.1. The lowest BCUT2D eigenvalue weighted by Gasteiger charge is -2.04. The zero-order chi connectivity index (χ0) is 14.7. The molecule has 0 aliphatic heterocycles. The summed E-state index contributed by atoms with van der Waals surface area (Å²) < 4.78 is 0. The number of aromatic amines is 1. The van der Waals surface area contributed by atoms with Gasteiger partial charge in [0.2, 0.25) is 5.95 Å². The minimum atomic E-state index is -0.228. The van der Waals surface area contributed by atoms with Gasteiger partial charge < -0.3 is 0 Å². The van der Waals surface area contributed by atoms with Crippen molar-refractivity contribution in [3.05, 3.63) is 66.0 Å². The molecule has 0 unspecified atom stereocenters. The summed E-state index contributed by atoms with van der Waals surface area (Å²) in [5, 5.41) is 9.20. The average Bonchev–Trinajstić information content (AvgIpc) is 2.93. The average molecular weight is 278 g/mol. The smallest absolute Gasteiger partial charge is 0.258 e. The van der Waals surface area contributed by atoms with Gasteiger partial charge in [0.25, 0.3) is 5.91 Å². The molecule has 2 aromatic carbocycles. The third kappa shape index (κ3) is 2.97. The summed E-state index contributed by atoms with van der Waals surface area (Å²) in [6.07, 6.45) is 0. The van der Waals surface area contributed by atoms with Crippen molar-refractivity contribution >= 4 is 11.9 Å². The van der Waals surface area contributed by atoms with Crippen LogP contribution in [0.3, 0.4) is 0 Å². The van der Waals surface area contributed by atoms with Gasteiger partial charge in [0.1, 0.15) is 5.82 Å². The lowest BCUT2D eigenvalue weighted by molar-refractivity contribution is 0.102. The van der Waals surface area contributed by atoms with Gasteiger partial charge in [0, 0.05) is 5.56 Å². The highest BCUT2D eigenvalue weighted by Gasteiger charge is 2.09. The minimum absolute atomic E-state index is 0.228. The second-order valence-corrected chi connectivity index (χ2v) is 4.64. The molecule has 5 heteroatoms. The Morgan fingerprint density at radius 3 is 2.29 bits per heavy atom. The molecule has 1 aromatic heterocycles. The van der Waals surface area contributed by atoms with Crippen LogP contribution in [0.5, 0.6) is 0 Å². The van der Waals surface area contributed by atoms with E-state index in [4.69, 9.17) is 0 Å². The van der Waals surface area contributed by atoms with Gasteiger partial charge in [-0.3, -0.25) is 15.2 Å². The van der Waals surface area contributed by atoms with Crippen LogP contribution >= 0.6 is 0 Å². The first-order chi connectivity index (χ1) is 10.2. The number of H-pyrrole nitrogens is 1. The highest BCUT2D eigenvalue weighted by atomic mass is 16.1. The predicted molar refractivity (Wildman–Crippen MR) is 81.0 cm³/mol. The standard InChI is InChI=1S/C16H14N4O/c1-11-17-16(20-19-11)18-15(21)14-9-7-13(8-10-14)12-5-3-2-4-6-12/h2-10H,1H3,(H2,17,18,19,20,21). The zero-order valence-electron chi connectivity index (χ0n) is 11.5. The second-order valence-electron chi connectivity index (χ2n) is 4.64. The minimum Gasteiger partial charge on any atom is -0.289 e.